The van der Waals surface area contributed by atoms with Crippen molar-refractivity contribution >= 4 is 34.8 Å². The average molecular weight is 319 g/mol. The summed E-state index contributed by atoms with van der Waals surface area (Å²) in [5.74, 6) is 0.386. The van der Waals surface area contributed by atoms with Crippen LogP contribution < -0.4 is 4.74 Å². The molecule has 0 spiro atoms. The molecule has 0 unspecified atom stereocenters. The van der Waals surface area contributed by atoms with Gasteiger partial charge in [-0.05, 0) is 23.8 Å². The first-order chi connectivity index (χ1) is 9.06. The summed E-state index contributed by atoms with van der Waals surface area (Å²) in [5.41, 5.74) is 2.12. The molecule has 0 saturated carbocycles. The van der Waals surface area contributed by atoms with Gasteiger partial charge in [0.05, 0.1) is 28.8 Å². The number of ether oxygens (including phenoxy) is 1. The van der Waals surface area contributed by atoms with Gasteiger partial charge < -0.3 is 9.84 Å². The number of halogens is 3. The van der Waals surface area contributed by atoms with E-state index < -0.39 is 0 Å². The van der Waals surface area contributed by atoms with Crippen LogP contribution in [0.5, 0.6) is 5.88 Å². The van der Waals surface area contributed by atoms with E-state index in [-0.39, 0.29) is 6.61 Å². The van der Waals surface area contributed by atoms with Gasteiger partial charge in [0.1, 0.15) is 0 Å². The Balaban J connectivity index is 2.53. The Morgan fingerprint density at radius 3 is 2.26 bits per heavy atom. The van der Waals surface area contributed by atoms with Gasteiger partial charge in [0.2, 0.25) is 5.88 Å². The lowest BCUT2D eigenvalue weighted by molar-refractivity contribution is 0.271. The van der Waals surface area contributed by atoms with E-state index >= 15 is 0 Å². The lowest BCUT2D eigenvalue weighted by atomic mass is 10.1. The second-order valence-electron chi connectivity index (χ2n) is 3.80. The normalized spacial score (nSPS) is 10.6. The molecule has 2 rings (SSSR count). The van der Waals surface area contributed by atoms with Crippen molar-refractivity contribution in [1.82, 2.24) is 4.98 Å². The summed E-state index contributed by atoms with van der Waals surface area (Å²) in [7, 11) is 1.50. The van der Waals surface area contributed by atoms with Crippen LogP contribution in [0.15, 0.2) is 24.4 Å². The highest BCUT2D eigenvalue weighted by atomic mass is 35.5. The third-order valence-corrected chi connectivity index (χ3v) is 3.80. The summed E-state index contributed by atoms with van der Waals surface area (Å²) in [4.78, 5) is 4.12. The first-order valence-electron chi connectivity index (χ1n) is 5.35. The number of rotatable bonds is 3. The zero-order valence-corrected chi connectivity index (χ0v) is 12.2. The van der Waals surface area contributed by atoms with Gasteiger partial charge in [-0.3, -0.25) is 0 Å². The highest BCUT2D eigenvalue weighted by molar-refractivity contribution is 6.48. The number of aliphatic hydroxyl groups is 1. The molecule has 6 heteroatoms. The molecule has 2 aromatic rings. The van der Waals surface area contributed by atoms with E-state index in [4.69, 9.17) is 39.5 Å². The second kappa shape index (κ2) is 5.97. The highest BCUT2D eigenvalue weighted by Gasteiger charge is 2.10. The zero-order chi connectivity index (χ0) is 14.0. The first-order valence-corrected chi connectivity index (χ1v) is 6.49. The molecule has 0 aliphatic rings. The summed E-state index contributed by atoms with van der Waals surface area (Å²) in [5, 5.41) is 10.3. The molecule has 0 radical (unpaired) electrons. The van der Waals surface area contributed by atoms with E-state index in [1.54, 1.807) is 24.4 Å². The van der Waals surface area contributed by atoms with Gasteiger partial charge in [-0.15, -0.1) is 0 Å². The first kappa shape index (κ1) is 14.4. The van der Waals surface area contributed by atoms with Crippen molar-refractivity contribution in [2.24, 2.45) is 0 Å². The van der Waals surface area contributed by atoms with Gasteiger partial charge in [0.15, 0.2) is 0 Å². The molecule has 0 aliphatic heterocycles. The van der Waals surface area contributed by atoms with Gasteiger partial charge in [-0.2, -0.15) is 0 Å². The molecule has 1 N–H and O–H groups in total. The maximum atomic E-state index is 9.28. The maximum absolute atomic E-state index is 9.28. The van der Waals surface area contributed by atoms with Crippen molar-refractivity contribution in [1.29, 1.82) is 0 Å². The van der Waals surface area contributed by atoms with E-state index in [1.807, 2.05) is 0 Å². The fourth-order valence-corrected chi connectivity index (χ4v) is 2.27. The van der Waals surface area contributed by atoms with Crippen LogP contribution >= 0.6 is 34.8 Å². The molecule has 0 fully saturated rings. The minimum absolute atomic E-state index is 0.168. The molecule has 0 bridgehead atoms. The minimum Gasteiger partial charge on any atom is -0.481 e. The zero-order valence-electron chi connectivity index (χ0n) is 9.95. The Bertz CT molecular complexity index is 594. The number of nitrogens with zero attached hydrogens (tertiary/aromatic N) is 1. The predicted molar refractivity (Wildman–Crippen MR) is 77.2 cm³/mol. The number of aliphatic hydroxyl groups excluding tert-OH is 1. The molecular weight excluding hydrogens is 309 g/mol. The smallest absolute Gasteiger partial charge is 0.218 e. The number of pyridine rings is 1. The third kappa shape index (κ3) is 2.95. The summed E-state index contributed by atoms with van der Waals surface area (Å²) >= 11 is 17.9. The fourth-order valence-electron chi connectivity index (χ4n) is 1.67. The largest absolute Gasteiger partial charge is 0.481 e. The Hall–Kier alpha value is -1.00. The monoisotopic (exact) mass is 317 g/mol. The van der Waals surface area contributed by atoms with Crippen molar-refractivity contribution < 1.29 is 9.84 Å². The SMILES string of the molecule is COc1ncc(-c2cc(Cl)c(Cl)c(Cl)c2)cc1CO. The Kier molecular flexibility index (Phi) is 4.53. The quantitative estimate of drug-likeness (QED) is 0.862. The van der Waals surface area contributed by atoms with Crippen LogP contribution in [0, 0.1) is 0 Å². The van der Waals surface area contributed by atoms with Crippen LogP contribution in [0.2, 0.25) is 15.1 Å². The second-order valence-corrected chi connectivity index (χ2v) is 5.00. The Labute approximate surface area is 125 Å². The van der Waals surface area contributed by atoms with Gasteiger partial charge in [0, 0.05) is 17.3 Å². The van der Waals surface area contributed by atoms with Crippen molar-refractivity contribution in [3.05, 3.63) is 45.0 Å². The van der Waals surface area contributed by atoms with Gasteiger partial charge in [-0.25, -0.2) is 4.98 Å². The Morgan fingerprint density at radius 1 is 1.11 bits per heavy atom. The van der Waals surface area contributed by atoms with Crippen molar-refractivity contribution in [2.45, 2.75) is 6.61 Å². The number of methoxy groups -OCH3 is 1. The van der Waals surface area contributed by atoms with Crippen LogP contribution in [0.3, 0.4) is 0 Å². The molecule has 1 heterocycles. The predicted octanol–water partition coefficient (Wildman–Crippen LogP) is 4.21. The molecule has 1 aromatic heterocycles. The lowest BCUT2D eigenvalue weighted by Gasteiger charge is -2.09. The number of aromatic nitrogens is 1. The van der Waals surface area contributed by atoms with Crippen LogP contribution in [0.4, 0.5) is 0 Å². The van der Waals surface area contributed by atoms with Crippen LogP contribution in [0.1, 0.15) is 5.56 Å². The van der Waals surface area contributed by atoms with Crippen molar-refractivity contribution in [3.8, 4) is 17.0 Å². The van der Waals surface area contributed by atoms with Gasteiger partial charge in [-0.1, -0.05) is 34.8 Å². The number of hydrogen-bond donors (Lipinski definition) is 1. The summed E-state index contributed by atoms with van der Waals surface area (Å²) in [6.07, 6.45) is 1.62. The van der Waals surface area contributed by atoms with Crippen molar-refractivity contribution in [3.63, 3.8) is 0 Å². The summed E-state index contributed by atoms with van der Waals surface area (Å²) in [6.45, 7) is -0.168. The maximum Gasteiger partial charge on any atom is 0.218 e. The molecule has 0 aliphatic carbocycles. The van der Waals surface area contributed by atoms with E-state index in [9.17, 15) is 5.11 Å². The molecule has 0 amide bonds. The standard InChI is InChI=1S/C13H10Cl3NO2/c1-19-13-9(6-18)2-8(5-17-13)7-3-10(14)12(16)11(15)4-7/h2-5,18H,6H2,1H3. The van der Waals surface area contributed by atoms with Gasteiger partial charge in [0.25, 0.3) is 0 Å². The van der Waals surface area contributed by atoms with Crippen molar-refractivity contribution in [2.75, 3.05) is 7.11 Å². The van der Waals surface area contributed by atoms with E-state index in [1.165, 1.54) is 7.11 Å². The minimum atomic E-state index is -0.168. The molecule has 1 aromatic carbocycles. The van der Waals surface area contributed by atoms with Crippen LogP contribution in [-0.4, -0.2) is 17.2 Å². The molecular formula is C13H10Cl3NO2. The third-order valence-electron chi connectivity index (χ3n) is 2.61. The number of hydrogen-bond acceptors (Lipinski definition) is 3. The van der Waals surface area contributed by atoms with Crippen LogP contribution in [-0.2, 0) is 6.61 Å². The van der Waals surface area contributed by atoms with E-state index in [0.717, 1.165) is 11.1 Å². The molecule has 19 heavy (non-hydrogen) atoms. The Morgan fingerprint density at radius 2 is 1.74 bits per heavy atom. The molecule has 100 valence electrons. The van der Waals surface area contributed by atoms with Gasteiger partial charge >= 0.3 is 0 Å². The topological polar surface area (TPSA) is 42.4 Å². The van der Waals surface area contributed by atoms with E-state index in [2.05, 4.69) is 4.98 Å². The number of benzene rings is 1. The van der Waals surface area contributed by atoms with Crippen LogP contribution in [0.25, 0.3) is 11.1 Å². The lowest BCUT2D eigenvalue weighted by Crippen LogP contribution is -1.96. The molecule has 3 nitrogen and oxygen atoms in total. The summed E-state index contributed by atoms with van der Waals surface area (Å²) < 4.78 is 5.05. The highest BCUT2D eigenvalue weighted by Crippen LogP contribution is 2.35. The van der Waals surface area contributed by atoms with E-state index in [0.29, 0.717) is 26.5 Å². The summed E-state index contributed by atoms with van der Waals surface area (Å²) in [6, 6.07) is 5.16. The average Bonchev–Trinajstić information content (AvgIpc) is 2.43. The molecule has 0 atom stereocenters. The fraction of sp³-hybridized carbons (Fsp3) is 0.154. The molecule has 0 saturated heterocycles.